The second-order valence-corrected chi connectivity index (χ2v) is 8.85. The van der Waals surface area contributed by atoms with Crippen molar-refractivity contribution in [3.8, 4) is 0 Å². The molecule has 0 aromatic rings. The van der Waals surface area contributed by atoms with Gasteiger partial charge in [-0.25, -0.2) is 0 Å². The van der Waals surface area contributed by atoms with E-state index in [1.165, 1.54) is 14.2 Å². The Hall–Kier alpha value is -0.0500. The Morgan fingerprint density at radius 2 is 1.64 bits per heavy atom. The van der Waals surface area contributed by atoms with Crippen LogP contribution in [0.2, 0.25) is 0 Å². The maximum absolute atomic E-state index is 10.3. The molecule has 3 rings (SSSR count). The lowest BCUT2D eigenvalue weighted by molar-refractivity contribution is -0.318. The number of aliphatic hydroxyl groups is 4. The van der Waals surface area contributed by atoms with Crippen LogP contribution in [0.4, 0.5) is 0 Å². The highest BCUT2D eigenvalue weighted by molar-refractivity contribution is 8.06. The van der Waals surface area contributed by atoms with E-state index >= 15 is 0 Å². The molecule has 0 aliphatic carbocycles. The van der Waals surface area contributed by atoms with Gasteiger partial charge in [-0.15, -0.1) is 0 Å². The van der Waals surface area contributed by atoms with Crippen molar-refractivity contribution in [3.63, 3.8) is 0 Å². The van der Waals surface area contributed by atoms with Crippen LogP contribution in [0.15, 0.2) is 0 Å². The first kappa shape index (κ1) is 22.6. The predicted molar refractivity (Wildman–Crippen MR) is 96.5 cm³/mol. The average Bonchev–Trinajstić information content (AvgIpc) is 3.44. The van der Waals surface area contributed by atoms with Gasteiger partial charge in [0.05, 0.1) is 6.61 Å². The van der Waals surface area contributed by atoms with Gasteiger partial charge in [-0.2, -0.15) is 11.8 Å². The molecule has 3 heterocycles. The largest absolute Gasteiger partial charge is 0.394 e. The topological polar surface area (TPSA) is 136 Å². The van der Waals surface area contributed by atoms with Gasteiger partial charge in [0, 0.05) is 25.2 Å². The molecule has 28 heavy (non-hydrogen) atoms. The molecule has 0 radical (unpaired) electrons. The first-order chi connectivity index (χ1) is 13.2. The molecule has 164 valence electrons. The number of thioether (sulfide) groups is 1. The molecule has 11 heteroatoms. The second kappa shape index (κ2) is 8.98. The van der Waals surface area contributed by atoms with Crippen LogP contribution in [-0.4, -0.2) is 113 Å². The Bertz CT molecular complexity index is 512. The molecule has 0 bridgehead atoms. The normalized spacial score (nSPS) is 44.0. The fraction of sp³-hybridized carbons (Fsp3) is 1.00. The van der Waals surface area contributed by atoms with E-state index in [9.17, 15) is 20.4 Å². The molecular formula is C17H30O10S. The van der Waals surface area contributed by atoms with Gasteiger partial charge in [0.25, 0.3) is 0 Å². The monoisotopic (exact) mass is 426 g/mol. The Morgan fingerprint density at radius 1 is 1.04 bits per heavy atom. The van der Waals surface area contributed by atoms with E-state index in [0.717, 1.165) is 5.75 Å². The first-order valence-corrected chi connectivity index (χ1v) is 10.3. The fourth-order valence-corrected chi connectivity index (χ4v) is 4.31. The van der Waals surface area contributed by atoms with Crippen molar-refractivity contribution in [3.05, 3.63) is 0 Å². The molecule has 9 atom stereocenters. The molecule has 0 aromatic heterocycles. The van der Waals surface area contributed by atoms with Crippen molar-refractivity contribution in [2.45, 2.75) is 80.2 Å². The number of hydrogen-bond acceptors (Lipinski definition) is 11. The van der Waals surface area contributed by atoms with Crippen molar-refractivity contribution in [2.75, 3.05) is 26.6 Å². The average molecular weight is 426 g/mol. The molecular weight excluding hydrogens is 396 g/mol. The van der Waals surface area contributed by atoms with E-state index in [0.29, 0.717) is 0 Å². The van der Waals surface area contributed by atoms with Crippen LogP contribution in [0.25, 0.3) is 0 Å². The van der Waals surface area contributed by atoms with Crippen LogP contribution < -0.4 is 0 Å². The summed E-state index contributed by atoms with van der Waals surface area (Å²) in [4.78, 5) is 0. The summed E-state index contributed by atoms with van der Waals surface area (Å²) in [5.41, 5.74) is 0. The van der Waals surface area contributed by atoms with E-state index in [-0.39, 0.29) is 5.25 Å². The van der Waals surface area contributed by atoms with Crippen LogP contribution in [0.1, 0.15) is 13.8 Å². The lowest BCUT2D eigenvalue weighted by Crippen LogP contribution is -2.61. The third-order valence-electron chi connectivity index (χ3n) is 5.09. The van der Waals surface area contributed by atoms with Crippen molar-refractivity contribution >= 4 is 11.8 Å². The van der Waals surface area contributed by atoms with Gasteiger partial charge in [0.15, 0.2) is 18.4 Å². The summed E-state index contributed by atoms with van der Waals surface area (Å²) in [5, 5.41) is 39.7. The minimum atomic E-state index is -1.51. The molecule has 0 amide bonds. The van der Waals surface area contributed by atoms with Crippen LogP contribution in [0.3, 0.4) is 0 Å². The molecule has 0 saturated carbocycles. The lowest BCUT2D eigenvalue weighted by Gasteiger charge is -2.41. The summed E-state index contributed by atoms with van der Waals surface area (Å²) in [5.74, 6) is -0.0824. The molecule has 4 N–H and O–H groups in total. The highest BCUT2D eigenvalue weighted by atomic mass is 32.2. The van der Waals surface area contributed by atoms with Gasteiger partial charge >= 0.3 is 0 Å². The second-order valence-electron chi connectivity index (χ2n) is 7.57. The molecule has 0 unspecified atom stereocenters. The van der Waals surface area contributed by atoms with Gasteiger partial charge in [-0.3, -0.25) is 0 Å². The highest BCUT2D eigenvalue weighted by Crippen LogP contribution is 2.43. The molecule has 3 aliphatic heterocycles. The summed E-state index contributed by atoms with van der Waals surface area (Å²) >= 11 is 1.65. The highest BCUT2D eigenvalue weighted by Gasteiger charge is 2.55. The SMILES string of the molecule is COC(OC)[C@@H]1OC(C)(C)O[C@H]1[C@H](O[C@H]1O[C@H](CO)[C@@H](O)[C@H](O)[C@H]1O)[C@@H]1CS1. The van der Waals surface area contributed by atoms with Gasteiger partial charge < -0.3 is 48.8 Å². The molecule has 3 saturated heterocycles. The number of ether oxygens (including phenoxy) is 6. The maximum Gasteiger partial charge on any atom is 0.187 e. The molecule has 3 aliphatic rings. The van der Waals surface area contributed by atoms with Crippen molar-refractivity contribution in [1.29, 1.82) is 0 Å². The molecule has 3 fully saturated rings. The number of aliphatic hydroxyl groups excluding tert-OH is 4. The van der Waals surface area contributed by atoms with E-state index in [4.69, 9.17) is 28.4 Å². The standard InChI is InChI=1S/C17H30O10S/c1-17(2)26-13(14(27-17)16(22-3)23-4)12(8-6-28-8)25-15-11(21)10(20)9(19)7(5-18)24-15/h7-16,18-21H,5-6H2,1-4H3/t7-,8+,9-,10+,11-,12-,13+,14-,15-/m1/s1. The van der Waals surface area contributed by atoms with Crippen molar-refractivity contribution < 1.29 is 48.8 Å². The number of methoxy groups -OCH3 is 2. The van der Waals surface area contributed by atoms with Gasteiger partial charge in [-0.1, -0.05) is 0 Å². The van der Waals surface area contributed by atoms with Gasteiger partial charge in [-0.05, 0) is 13.8 Å². The van der Waals surface area contributed by atoms with E-state index < -0.39 is 67.7 Å². The smallest absolute Gasteiger partial charge is 0.187 e. The number of rotatable bonds is 8. The van der Waals surface area contributed by atoms with Crippen LogP contribution in [0, 0.1) is 0 Å². The maximum atomic E-state index is 10.3. The quantitative estimate of drug-likeness (QED) is 0.265. The number of hydrogen-bond donors (Lipinski definition) is 4. The minimum Gasteiger partial charge on any atom is -0.394 e. The van der Waals surface area contributed by atoms with Crippen LogP contribution in [0.5, 0.6) is 0 Å². The fourth-order valence-electron chi connectivity index (χ4n) is 3.60. The zero-order valence-corrected chi connectivity index (χ0v) is 17.2. The minimum absolute atomic E-state index is 0.0618. The summed E-state index contributed by atoms with van der Waals surface area (Å²) in [7, 11) is 3.00. The van der Waals surface area contributed by atoms with Crippen molar-refractivity contribution in [1.82, 2.24) is 0 Å². The Morgan fingerprint density at radius 3 is 2.18 bits per heavy atom. The van der Waals surface area contributed by atoms with Gasteiger partial charge in [0.1, 0.15) is 42.7 Å². The molecule has 0 aromatic carbocycles. The zero-order valence-electron chi connectivity index (χ0n) is 16.3. The molecule has 0 spiro atoms. The summed E-state index contributed by atoms with van der Waals surface area (Å²) in [6.45, 7) is 3.02. The van der Waals surface area contributed by atoms with E-state index in [1.807, 2.05) is 0 Å². The Labute approximate surface area is 168 Å². The predicted octanol–water partition coefficient (Wildman–Crippen LogP) is -1.57. The summed E-state index contributed by atoms with van der Waals surface area (Å²) in [6, 6.07) is 0. The third kappa shape index (κ3) is 4.65. The summed E-state index contributed by atoms with van der Waals surface area (Å²) < 4.78 is 34.3. The third-order valence-corrected chi connectivity index (χ3v) is 6.07. The zero-order chi connectivity index (χ0) is 20.6. The Balaban J connectivity index is 1.79. The Kier molecular flexibility index (Phi) is 7.26. The van der Waals surface area contributed by atoms with E-state index in [2.05, 4.69) is 0 Å². The van der Waals surface area contributed by atoms with Gasteiger partial charge in [0.2, 0.25) is 0 Å². The summed E-state index contributed by atoms with van der Waals surface area (Å²) in [6.07, 6.45) is -9.19. The lowest BCUT2D eigenvalue weighted by atomic mass is 9.99. The van der Waals surface area contributed by atoms with Crippen LogP contribution in [-0.2, 0) is 28.4 Å². The van der Waals surface area contributed by atoms with E-state index in [1.54, 1.807) is 25.6 Å². The first-order valence-electron chi connectivity index (χ1n) is 9.21. The van der Waals surface area contributed by atoms with Crippen LogP contribution >= 0.6 is 11.8 Å². The van der Waals surface area contributed by atoms with Crippen molar-refractivity contribution in [2.24, 2.45) is 0 Å². The molecule has 10 nitrogen and oxygen atoms in total.